The largest absolute Gasteiger partial charge is 0.491 e. The van der Waals surface area contributed by atoms with Crippen LogP contribution >= 0.6 is 0 Å². The van der Waals surface area contributed by atoms with Crippen molar-refractivity contribution in [1.82, 2.24) is 0 Å². The third kappa shape index (κ3) is 4.05. The van der Waals surface area contributed by atoms with Crippen molar-refractivity contribution in [2.75, 3.05) is 13.2 Å². The number of ether oxygens (including phenoxy) is 2. The van der Waals surface area contributed by atoms with Gasteiger partial charge in [-0.3, -0.25) is 0 Å². The third-order valence-corrected chi connectivity index (χ3v) is 6.23. The lowest BCUT2D eigenvalue weighted by molar-refractivity contribution is 0.262. The Balaban J connectivity index is 1.91. The van der Waals surface area contributed by atoms with Crippen LogP contribution in [0, 0.1) is 6.92 Å². The molecule has 0 radical (unpaired) electrons. The first kappa shape index (κ1) is 18.0. The Bertz CT molecular complexity index is 858. The summed E-state index contributed by atoms with van der Waals surface area (Å²) in [4.78, 5) is 0.580. The SMILES string of the molecule is Cc1ccc(OCC2CO2)cc1S(=O)(=O)c1ccc(C(C)(C)C)cc1. The standard InChI is InChI=1S/C20H24O4S/c1-14-5-8-16(23-12-17-13-24-17)11-19(14)25(21,22)18-9-6-15(7-10-18)20(2,3)4/h5-11,17H,12-13H2,1-4H3. The molecule has 4 nitrogen and oxygen atoms in total. The molecule has 0 N–H and O–H groups in total. The molecule has 0 aliphatic carbocycles. The van der Waals surface area contributed by atoms with Crippen LogP contribution in [0.3, 0.4) is 0 Å². The minimum atomic E-state index is -3.59. The van der Waals surface area contributed by atoms with Gasteiger partial charge in [-0.05, 0) is 47.7 Å². The number of benzene rings is 2. The average molecular weight is 360 g/mol. The van der Waals surface area contributed by atoms with E-state index < -0.39 is 9.84 Å². The van der Waals surface area contributed by atoms with Crippen molar-refractivity contribution in [3.63, 3.8) is 0 Å². The smallest absolute Gasteiger partial charge is 0.206 e. The highest BCUT2D eigenvalue weighted by atomic mass is 32.2. The maximum atomic E-state index is 13.0. The Morgan fingerprint density at radius 2 is 1.76 bits per heavy atom. The van der Waals surface area contributed by atoms with E-state index in [1.54, 1.807) is 37.3 Å². The van der Waals surface area contributed by atoms with Gasteiger partial charge in [-0.15, -0.1) is 0 Å². The fourth-order valence-electron chi connectivity index (χ4n) is 2.57. The lowest BCUT2D eigenvalue weighted by Gasteiger charge is -2.19. The fraction of sp³-hybridized carbons (Fsp3) is 0.400. The highest BCUT2D eigenvalue weighted by Gasteiger charge is 2.25. The first-order valence-electron chi connectivity index (χ1n) is 8.38. The van der Waals surface area contributed by atoms with Crippen molar-refractivity contribution in [3.05, 3.63) is 53.6 Å². The average Bonchev–Trinajstić information content (AvgIpc) is 3.37. The molecule has 0 saturated carbocycles. The summed E-state index contributed by atoms with van der Waals surface area (Å²) in [5, 5.41) is 0. The molecule has 1 aliphatic rings. The van der Waals surface area contributed by atoms with E-state index in [2.05, 4.69) is 20.8 Å². The number of epoxide rings is 1. The van der Waals surface area contributed by atoms with Gasteiger partial charge in [0, 0.05) is 0 Å². The molecule has 1 unspecified atom stereocenters. The normalized spacial score (nSPS) is 17.4. The molecule has 134 valence electrons. The van der Waals surface area contributed by atoms with Gasteiger partial charge in [0.05, 0.1) is 16.4 Å². The summed E-state index contributed by atoms with van der Waals surface area (Å²) < 4.78 is 36.8. The maximum absolute atomic E-state index is 13.0. The lowest BCUT2D eigenvalue weighted by Crippen LogP contribution is -2.12. The molecule has 2 aromatic rings. The van der Waals surface area contributed by atoms with Crippen molar-refractivity contribution >= 4 is 9.84 Å². The molecule has 0 bridgehead atoms. The minimum Gasteiger partial charge on any atom is -0.491 e. The molecule has 1 heterocycles. The van der Waals surface area contributed by atoms with Crippen LogP contribution in [0.15, 0.2) is 52.3 Å². The Kier molecular flexibility index (Phi) is 4.64. The number of hydrogen-bond donors (Lipinski definition) is 0. The lowest BCUT2D eigenvalue weighted by atomic mass is 9.87. The summed E-state index contributed by atoms with van der Waals surface area (Å²) >= 11 is 0. The van der Waals surface area contributed by atoms with Gasteiger partial charge in [0.25, 0.3) is 0 Å². The van der Waals surface area contributed by atoms with Gasteiger partial charge >= 0.3 is 0 Å². The summed E-state index contributed by atoms with van der Waals surface area (Å²) in [5.74, 6) is 0.547. The fourth-order valence-corrected chi connectivity index (χ4v) is 4.09. The molecule has 1 aliphatic heterocycles. The minimum absolute atomic E-state index is 0.0170. The molecule has 0 spiro atoms. The molecule has 5 heteroatoms. The molecule has 0 amide bonds. The molecular weight excluding hydrogens is 336 g/mol. The predicted molar refractivity (Wildman–Crippen MR) is 97.0 cm³/mol. The van der Waals surface area contributed by atoms with Gasteiger partial charge in [-0.25, -0.2) is 8.42 Å². The van der Waals surface area contributed by atoms with E-state index in [1.165, 1.54) is 0 Å². The van der Waals surface area contributed by atoms with Gasteiger partial charge in [0.1, 0.15) is 18.5 Å². The van der Waals surface area contributed by atoms with Crippen LogP contribution in [-0.2, 0) is 20.0 Å². The van der Waals surface area contributed by atoms with Gasteiger partial charge in [-0.1, -0.05) is 39.0 Å². The van der Waals surface area contributed by atoms with E-state index >= 15 is 0 Å². The predicted octanol–water partition coefficient (Wildman–Crippen LogP) is 3.90. The summed E-state index contributed by atoms with van der Waals surface area (Å²) in [6.07, 6.45) is 0.131. The first-order chi connectivity index (χ1) is 11.7. The second-order valence-corrected chi connectivity index (χ2v) is 9.39. The van der Waals surface area contributed by atoms with Crippen LogP contribution in [0.1, 0.15) is 31.9 Å². The molecule has 25 heavy (non-hydrogen) atoms. The molecular formula is C20H24O4S. The Morgan fingerprint density at radius 3 is 2.32 bits per heavy atom. The second-order valence-electron chi connectivity index (χ2n) is 7.47. The quantitative estimate of drug-likeness (QED) is 0.759. The zero-order valence-electron chi connectivity index (χ0n) is 15.1. The van der Waals surface area contributed by atoms with Crippen LogP contribution in [0.4, 0.5) is 0 Å². The Morgan fingerprint density at radius 1 is 1.12 bits per heavy atom. The molecule has 1 atom stereocenters. The summed E-state index contributed by atoms with van der Waals surface area (Å²) in [6.45, 7) is 9.26. The van der Waals surface area contributed by atoms with Crippen LogP contribution in [0.5, 0.6) is 5.75 Å². The molecule has 1 saturated heterocycles. The van der Waals surface area contributed by atoms with Gasteiger partial charge in [0.2, 0.25) is 9.84 Å². The highest BCUT2D eigenvalue weighted by Crippen LogP contribution is 2.30. The van der Waals surface area contributed by atoms with Crippen LogP contribution in [0.2, 0.25) is 0 Å². The van der Waals surface area contributed by atoms with Crippen LogP contribution in [-0.4, -0.2) is 27.7 Å². The Labute approximate surface area is 149 Å². The zero-order valence-corrected chi connectivity index (χ0v) is 15.9. The van der Waals surface area contributed by atoms with E-state index in [4.69, 9.17) is 9.47 Å². The summed E-state index contributed by atoms with van der Waals surface area (Å²) in [6, 6.07) is 12.3. The van der Waals surface area contributed by atoms with E-state index in [0.29, 0.717) is 29.4 Å². The third-order valence-electron chi connectivity index (χ3n) is 4.32. The number of rotatable bonds is 5. The van der Waals surface area contributed by atoms with Crippen molar-refractivity contribution in [1.29, 1.82) is 0 Å². The van der Waals surface area contributed by atoms with E-state index in [0.717, 1.165) is 5.56 Å². The van der Waals surface area contributed by atoms with E-state index in [1.807, 2.05) is 12.1 Å². The number of sulfone groups is 1. The van der Waals surface area contributed by atoms with Gasteiger partial charge in [0.15, 0.2) is 0 Å². The molecule has 0 aromatic heterocycles. The topological polar surface area (TPSA) is 55.9 Å². The second kappa shape index (κ2) is 6.46. The zero-order chi connectivity index (χ0) is 18.2. The van der Waals surface area contributed by atoms with Crippen LogP contribution in [0.25, 0.3) is 0 Å². The Hall–Kier alpha value is -1.85. The van der Waals surface area contributed by atoms with Gasteiger partial charge in [-0.2, -0.15) is 0 Å². The molecule has 2 aromatic carbocycles. The van der Waals surface area contributed by atoms with Gasteiger partial charge < -0.3 is 9.47 Å². The van der Waals surface area contributed by atoms with Crippen molar-refractivity contribution in [2.45, 2.75) is 49.0 Å². The van der Waals surface area contributed by atoms with Crippen LogP contribution < -0.4 is 4.74 Å². The maximum Gasteiger partial charge on any atom is 0.206 e. The highest BCUT2D eigenvalue weighted by molar-refractivity contribution is 7.91. The molecule has 1 fully saturated rings. The number of aryl methyl sites for hydroxylation is 1. The molecule has 3 rings (SSSR count). The summed E-state index contributed by atoms with van der Waals surface area (Å²) in [7, 11) is -3.59. The van der Waals surface area contributed by atoms with E-state index in [-0.39, 0.29) is 16.4 Å². The monoisotopic (exact) mass is 360 g/mol. The first-order valence-corrected chi connectivity index (χ1v) is 9.87. The summed E-state index contributed by atoms with van der Waals surface area (Å²) in [5.41, 5.74) is 1.79. The van der Waals surface area contributed by atoms with Crippen molar-refractivity contribution in [3.8, 4) is 5.75 Å². The van der Waals surface area contributed by atoms with Crippen molar-refractivity contribution < 1.29 is 17.9 Å². The number of hydrogen-bond acceptors (Lipinski definition) is 4. The van der Waals surface area contributed by atoms with E-state index in [9.17, 15) is 8.42 Å². The van der Waals surface area contributed by atoms with Crippen molar-refractivity contribution in [2.24, 2.45) is 0 Å².